The van der Waals surface area contributed by atoms with Gasteiger partial charge >= 0.3 is 5.97 Å². The minimum atomic E-state index is -3.95. The molecule has 0 saturated heterocycles. The van der Waals surface area contributed by atoms with E-state index in [0.29, 0.717) is 0 Å². The third kappa shape index (κ3) is 3.84. The zero-order valence-corrected chi connectivity index (χ0v) is 14.4. The second-order valence-corrected chi connectivity index (χ2v) is 7.49. The Bertz CT molecular complexity index is 627. The molecule has 0 aliphatic rings. The SMILES string of the molecule is CC(=O)OCCS(=O)(=O)c1c(Cl)c(Cl)c(Cl)c(Cl)c1Cl. The van der Waals surface area contributed by atoms with Crippen molar-refractivity contribution in [3.05, 3.63) is 25.1 Å². The summed E-state index contributed by atoms with van der Waals surface area (Å²) in [5.41, 5.74) is 0. The minimum absolute atomic E-state index is 0.137. The largest absolute Gasteiger partial charge is 0.465 e. The van der Waals surface area contributed by atoms with Gasteiger partial charge in [-0.2, -0.15) is 0 Å². The average molecular weight is 400 g/mol. The summed E-state index contributed by atoms with van der Waals surface area (Å²) in [5.74, 6) is -1.12. The fraction of sp³-hybridized carbons (Fsp3) is 0.300. The van der Waals surface area contributed by atoms with E-state index in [9.17, 15) is 13.2 Å². The van der Waals surface area contributed by atoms with Crippen LogP contribution in [0.2, 0.25) is 25.1 Å². The molecule has 0 N–H and O–H groups in total. The molecule has 0 aliphatic carbocycles. The van der Waals surface area contributed by atoms with E-state index in [0.717, 1.165) is 6.92 Å². The van der Waals surface area contributed by atoms with Crippen LogP contribution in [0.4, 0.5) is 0 Å². The lowest BCUT2D eigenvalue weighted by Gasteiger charge is -2.12. The molecule has 0 fully saturated rings. The van der Waals surface area contributed by atoms with Crippen molar-refractivity contribution in [1.82, 2.24) is 0 Å². The Morgan fingerprint density at radius 1 is 0.950 bits per heavy atom. The highest BCUT2D eigenvalue weighted by Crippen LogP contribution is 2.46. The molecule has 0 unspecified atom stereocenters. The van der Waals surface area contributed by atoms with Crippen LogP contribution in [-0.2, 0) is 19.4 Å². The number of carbonyl (C=O) groups excluding carboxylic acids is 1. The molecule has 10 heteroatoms. The van der Waals surface area contributed by atoms with Crippen molar-refractivity contribution in [1.29, 1.82) is 0 Å². The van der Waals surface area contributed by atoms with Crippen LogP contribution in [-0.4, -0.2) is 26.7 Å². The van der Waals surface area contributed by atoms with Gasteiger partial charge in [-0.1, -0.05) is 58.0 Å². The van der Waals surface area contributed by atoms with E-state index in [-0.39, 0.29) is 31.7 Å². The Hall–Kier alpha value is 0.0900. The molecule has 0 radical (unpaired) electrons. The molecular formula is C10H7Cl5O4S. The van der Waals surface area contributed by atoms with Crippen LogP contribution < -0.4 is 0 Å². The van der Waals surface area contributed by atoms with Crippen LogP contribution in [0, 0.1) is 0 Å². The highest BCUT2D eigenvalue weighted by Gasteiger charge is 2.28. The third-order valence-corrected chi connectivity index (χ3v) is 6.37. The van der Waals surface area contributed by atoms with Crippen molar-refractivity contribution in [3.63, 3.8) is 0 Å². The second-order valence-electron chi connectivity index (χ2n) is 3.56. The fourth-order valence-corrected chi connectivity index (χ4v) is 4.47. The summed E-state index contributed by atoms with van der Waals surface area (Å²) < 4.78 is 28.9. The molecule has 0 amide bonds. The maximum Gasteiger partial charge on any atom is 0.302 e. The first-order valence-corrected chi connectivity index (χ1v) is 8.51. The number of esters is 1. The van der Waals surface area contributed by atoms with E-state index in [4.69, 9.17) is 58.0 Å². The van der Waals surface area contributed by atoms with Crippen LogP contribution in [0.3, 0.4) is 0 Å². The first kappa shape index (κ1) is 18.1. The number of sulfone groups is 1. The topological polar surface area (TPSA) is 60.4 Å². The standard InChI is InChI=1S/C10H7Cl5O4S/c1-4(16)19-2-3-20(17,18)10-8(14)6(12)5(11)7(13)9(10)15/h2-3H2,1H3. The van der Waals surface area contributed by atoms with Gasteiger partial charge in [0.2, 0.25) is 0 Å². The minimum Gasteiger partial charge on any atom is -0.465 e. The molecule has 0 heterocycles. The average Bonchev–Trinajstić information content (AvgIpc) is 2.33. The van der Waals surface area contributed by atoms with Gasteiger partial charge in [-0.15, -0.1) is 0 Å². The van der Waals surface area contributed by atoms with Crippen LogP contribution in [0.1, 0.15) is 6.92 Å². The Balaban J connectivity index is 3.29. The van der Waals surface area contributed by atoms with Gasteiger partial charge in [0.1, 0.15) is 11.5 Å². The van der Waals surface area contributed by atoms with E-state index < -0.39 is 26.5 Å². The van der Waals surface area contributed by atoms with Crippen molar-refractivity contribution in [2.45, 2.75) is 11.8 Å². The lowest BCUT2D eigenvalue weighted by Crippen LogP contribution is -2.15. The van der Waals surface area contributed by atoms with Gasteiger partial charge in [-0.25, -0.2) is 8.42 Å². The number of rotatable bonds is 4. The molecule has 1 aromatic rings. The molecule has 4 nitrogen and oxygen atoms in total. The maximum absolute atomic E-state index is 12.2. The van der Waals surface area contributed by atoms with Crippen LogP contribution in [0.15, 0.2) is 4.90 Å². The van der Waals surface area contributed by atoms with Crippen LogP contribution >= 0.6 is 58.0 Å². The predicted molar refractivity (Wildman–Crippen MR) is 80.2 cm³/mol. The van der Waals surface area contributed by atoms with Crippen molar-refractivity contribution in [3.8, 4) is 0 Å². The Labute approximate surface area is 140 Å². The monoisotopic (exact) mass is 398 g/mol. The molecular weight excluding hydrogens is 393 g/mol. The number of carbonyl (C=O) groups is 1. The molecule has 20 heavy (non-hydrogen) atoms. The summed E-state index contributed by atoms with van der Waals surface area (Å²) in [6, 6.07) is 0. The highest BCUT2D eigenvalue weighted by atomic mass is 35.5. The zero-order chi connectivity index (χ0) is 15.7. The van der Waals surface area contributed by atoms with Gasteiger partial charge in [0.25, 0.3) is 0 Å². The molecule has 1 rings (SSSR count). The highest BCUT2D eigenvalue weighted by molar-refractivity contribution is 7.91. The van der Waals surface area contributed by atoms with Crippen molar-refractivity contribution < 1.29 is 17.9 Å². The van der Waals surface area contributed by atoms with Gasteiger partial charge < -0.3 is 4.74 Å². The third-order valence-electron chi connectivity index (χ3n) is 2.14. The summed E-state index contributed by atoms with van der Waals surface area (Å²) in [7, 11) is -3.95. The Morgan fingerprint density at radius 3 is 1.75 bits per heavy atom. The van der Waals surface area contributed by atoms with Gasteiger partial charge in [-0.05, 0) is 0 Å². The predicted octanol–water partition coefficient (Wildman–Crippen LogP) is 4.29. The quantitative estimate of drug-likeness (QED) is 0.430. The van der Waals surface area contributed by atoms with Gasteiger partial charge in [0, 0.05) is 6.92 Å². The fourth-order valence-electron chi connectivity index (χ4n) is 1.25. The van der Waals surface area contributed by atoms with Gasteiger partial charge in [0.15, 0.2) is 9.84 Å². The molecule has 0 aliphatic heterocycles. The summed E-state index contributed by atoms with van der Waals surface area (Å²) in [5, 5.41) is -1.22. The van der Waals surface area contributed by atoms with Crippen molar-refractivity contribution in [2.75, 3.05) is 12.4 Å². The van der Waals surface area contributed by atoms with E-state index in [1.165, 1.54) is 0 Å². The van der Waals surface area contributed by atoms with Gasteiger partial charge in [0.05, 0.1) is 30.9 Å². The lowest BCUT2D eigenvalue weighted by atomic mass is 10.3. The number of halogens is 5. The van der Waals surface area contributed by atoms with E-state index >= 15 is 0 Å². The molecule has 0 atom stereocenters. The molecule has 0 saturated carbocycles. The number of hydrogen-bond donors (Lipinski definition) is 0. The first-order valence-electron chi connectivity index (χ1n) is 4.97. The normalized spacial score (nSPS) is 11.5. The first-order chi connectivity index (χ1) is 9.09. The molecule has 112 valence electrons. The molecule has 1 aromatic carbocycles. The van der Waals surface area contributed by atoms with E-state index in [1.807, 2.05) is 0 Å². The summed E-state index contributed by atoms with van der Waals surface area (Å²) in [6.07, 6.45) is 0. The van der Waals surface area contributed by atoms with Crippen LogP contribution in [0.25, 0.3) is 0 Å². The van der Waals surface area contributed by atoms with Crippen LogP contribution in [0.5, 0.6) is 0 Å². The van der Waals surface area contributed by atoms with Crippen molar-refractivity contribution in [2.24, 2.45) is 0 Å². The molecule has 0 aromatic heterocycles. The number of hydrogen-bond acceptors (Lipinski definition) is 4. The lowest BCUT2D eigenvalue weighted by molar-refractivity contribution is -0.140. The Morgan fingerprint density at radius 2 is 1.35 bits per heavy atom. The summed E-state index contributed by atoms with van der Waals surface area (Å²) in [4.78, 5) is 10.2. The van der Waals surface area contributed by atoms with Gasteiger partial charge in [-0.3, -0.25) is 4.79 Å². The summed E-state index contributed by atoms with van der Waals surface area (Å²) >= 11 is 29.1. The van der Waals surface area contributed by atoms with E-state index in [2.05, 4.69) is 4.74 Å². The Kier molecular flexibility index (Phi) is 6.26. The summed E-state index contributed by atoms with van der Waals surface area (Å²) in [6.45, 7) is 0.810. The molecule has 0 bridgehead atoms. The number of ether oxygens (including phenoxy) is 1. The van der Waals surface area contributed by atoms with Crippen molar-refractivity contribution >= 4 is 73.8 Å². The number of benzene rings is 1. The van der Waals surface area contributed by atoms with E-state index in [1.54, 1.807) is 0 Å². The molecule has 0 spiro atoms. The zero-order valence-electron chi connectivity index (χ0n) is 9.85. The second kappa shape index (κ2) is 6.90. The smallest absolute Gasteiger partial charge is 0.302 e. The maximum atomic E-state index is 12.2.